The molecule has 3 aromatic rings. The maximum atomic E-state index is 13.8. The summed E-state index contributed by atoms with van der Waals surface area (Å²) in [5.74, 6) is -1.69. The minimum Gasteiger partial charge on any atom is -0.317 e. The molecule has 0 spiro atoms. The fraction of sp³-hybridized carbons (Fsp3) is 0.0667. The number of hydrogen-bond acceptors (Lipinski definition) is 2. The van der Waals surface area contributed by atoms with E-state index in [-0.39, 0.29) is 11.4 Å². The lowest BCUT2D eigenvalue weighted by atomic mass is 10.2. The van der Waals surface area contributed by atoms with Gasteiger partial charge in [0.2, 0.25) is 0 Å². The van der Waals surface area contributed by atoms with E-state index in [1.807, 2.05) is 0 Å². The highest BCUT2D eigenvalue weighted by Crippen LogP contribution is 2.19. The number of hydrogen-bond donors (Lipinski definition) is 0. The third kappa shape index (κ3) is 2.38. The molecule has 0 bridgehead atoms. The number of carbonyl (C=O) groups excluding carboxylic acids is 1. The van der Waals surface area contributed by atoms with Gasteiger partial charge in [-0.1, -0.05) is 29.5 Å². The van der Waals surface area contributed by atoms with Gasteiger partial charge >= 0.3 is 0 Å². The molecule has 0 unspecified atom stereocenters. The average Bonchev–Trinajstić information content (AvgIpc) is 2.77. The summed E-state index contributed by atoms with van der Waals surface area (Å²) >= 11 is 1.18. The Bertz CT molecular complexity index is 911. The summed E-state index contributed by atoms with van der Waals surface area (Å²) in [6.45, 7) is 0. The molecule has 1 amide bonds. The number of nitrogens with zero attached hydrogens (tertiary/aromatic N) is 2. The smallest absolute Gasteiger partial charge is 0.282 e. The van der Waals surface area contributed by atoms with Crippen LogP contribution in [0, 0.1) is 11.6 Å². The van der Waals surface area contributed by atoms with E-state index in [0.717, 1.165) is 0 Å². The van der Waals surface area contributed by atoms with Crippen molar-refractivity contribution in [2.75, 3.05) is 0 Å². The number of aromatic nitrogens is 1. The predicted octanol–water partition coefficient (Wildman–Crippen LogP) is 3.26. The average molecular weight is 304 g/mol. The fourth-order valence-corrected chi connectivity index (χ4v) is 3.08. The van der Waals surface area contributed by atoms with Crippen molar-refractivity contribution >= 4 is 27.5 Å². The van der Waals surface area contributed by atoms with E-state index in [1.165, 1.54) is 40.2 Å². The van der Waals surface area contributed by atoms with Gasteiger partial charge in [0.15, 0.2) is 4.80 Å². The lowest BCUT2D eigenvalue weighted by Gasteiger charge is -1.98. The minimum atomic E-state index is -0.685. The zero-order valence-electron chi connectivity index (χ0n) is 11.0. The molecule has 21 heavy (non-hydrogen) atoms. The molecule has 106 valence electrons. The first kappa shape index (κ1) is 13.6. The Balaban J connectivity index is 2.17. The Morgan fingerprint density at radius 1 is 1.10 bits per heavy atom. The number of carbonyl (C=O) groups is 1. The second kappa shape index (κ2) is 5.21. The third-order valence-corrected chi connectivity index (χ3v) is 4.17. The van der Waals surface area contributed by atoms with Crippen molar-refractivity contribution < 1.29 is 13.6 Å². The van der Waals surface area contributed by atoms with Gasteiger partial charge in [0, 0.05) is 7.05 Å². The molecule has 0 aliphatic carbocycles. The van der Waals surface area contributed by atoms with Gasteiger partial charge < -0.3 is 4.57 Å². The fourth-order valence-electron chi connectivity index (χ4n) is 2.05. The second-order valence-electron chi connectivity index (χ2n) is 4.43. The first-order chi connectivity index (χ1) is 10.1. The lowest BCUT2D eigenvalue weighted by molar-refractivity contribution is 0.0994. The number of benzene rings is 2. The molecule has 0 aliphatic heterocycles. The van der Waals surface area contributed by atoms with Crippen LogP contribution in [0.3, 0.4) is 0 Å². The number of fused-ring (bicyclic) bond motifs is 1. The molecular formula is C15H10F2N2OS. The third-order valence-electron chi connectivity index (χ3n) is 3.07. The number of halogens is 2. The number of para-hydroxylation sites is 1. The molecule has 2 aromatic carbocycles. The van der Waals surface area contributed by atoms with Crippen LogP contribution in [-0.2, 0) is 7.05 Å². The molecule has 0 fully saturated rings. The quantitative estimate of drug-likeness (QED) is 0.679. The molecule has 0 N–H and O–H groups in total. The molecule has 1 heterocycles. The maximum Gasteiger partial charge on any atom is 0.282 e. The molecule has 0 atom stereocenters. The van der Waals surface area contributed by atoms with Gasteiger partial charge in [-0.3, -0.25) is 4.79 Å². The van der Waals surface area contributed by atoms with Gasteiger partial charge in [0.25, 0.3) is 5.91 Å². The normalized spacial score (nSPS) is 12.0. The summed E-state index contributed by atoms with van der Waals surface area (Å²) in [6.07, 6.45) is 0. The molecule has 0 aliphatic rings. The van der Waals surface area contributed by atoms with Gasteiger partial charge in [-0.15, -0.1) is 0 Å². The van der Waals surface area contributed by atoms with Crippen molar-refractivity contribution in [3.63, 3.8) is 0 Å². The predicted molar refractivity (Wildman–Crippen MR) is 77.0 cm³/mol. The number of amides is 1. The second-order valence-corrected chi connectivity index (χ2v) is 5.44. The monoisotopic (exact) mass is 304 g/mol. The first-order valence-corrected chi connectivity index (χ1v) is 6.97. The molecule has 3 nitrogen and oxygen atoms in total. The van der Waals surface area contributed by atoms with Crippen molar-refractivity contribution in [3.8, 4) is 0 Å². The van der Waals surface area contributed by atoms with E-state index >= 15 is 0 Å². The van der Waals surface area contributed by atoms with Crippen molar-refractivity contribution in [2.24, 2.45) is 12.0 Å². The van der Waals surface area contributed by atoms with Crippen LogP contribution in [0.1, 0.15) is 10.4 Å². The Hall–Kier alpha value is -2.34. The van der Waals surface area contributed by atoms with Gasteiger partial charge in [-0.25, -0.2) is 8.78 Å². The van der Waals surface area contributed by atoms with E-state index in [0.29, 0.717) is 15.0 Å². The number of rotatable bonds is 1. The Kier molecular flexibility index (Phi) is 3.39. The van der Waals surface area contributed by atoms with Crippen molar-refractivity contribution in [3.05, 3.63) is 64.5 Å². The zero-order chi connectivity index (χ0) is 15.0. The zero-order valence-corrected chi connectivity index (χ0v) is 11.8. The van der Waals surface area contributed by atoms with Gasteiger partial charge in [0.05, 0.1) is 15.8 Å². The summed E-state index contributed by atoms with van der Waals surface area (Å²) in [7, 11) is 1.62. The Labute approximate surface area is 122 Å². The minimum absolute atomic E-state index is 0.101. The van der Waals surface area contributed by atoms with Crippen LogP contribution in [-0.4, -0.2) is 10.5 Å². The van der Waals surface area contributed by atoms with Gasteiger partial charge in [0.1, 0.15) is 11.6 Å². The first-order valence-electron chi connectivity index (χ1n) is 6.15. The van der Waals surface area contributed by atoms with E-state index in [4.69, 9.17) is 0 Å². The summed E-state index contributed by atoms with van der Waals surface area (Å²) in [6, 6.07) is 10.3. The Morgan fingerprint density at radius 3 is 2.52 bits per heavy atom. The van der Waals surface area contributed by atoms with Crippen LogP contribution in [0.5, 0.6) is 0 Å². The number of aryl methyl sites for hydroxylation is 1. The highest BCUT2D eigenvalue weighted by atomic mass is 32.1. The van der Waals surface area contributed by atoms with Crippen LogP contribution in [0.15, 0.2) is 47.5 Å². The van der Waals surface area contributed by atoms with E-state index in [1.54, 1.807) is 25.2 Å². The molecule has 0 saturated heterocycles. The van der Waals surface area contributed by atoms with Crippen molar-refractivity contribution in [1.82, 2.24) is 4.57 Å². The highest BCUT2D eigenvalue weighted by Gasteiger charge is 2.12. The van der Waals surface area contributed by atoms with Gasteiger partial charge in [-0.05, 0) is 24.3 Å². The topological polar surface area (TPSA) is 34.4 Å². The van der Waals surface area contributed by atoms with Crippen LogP contribution in [0.2, 0.25) is 0 Å². The Morgan fingerprint density at radius 2 is 1.81 bits per heavy atom. The van der Waals surface area contributed by atoms with Crippen LogP contribution in [0.4, 0.5) is 8.78 Å². The standard InChI is InChI=1S/C15H10F2N2OS/c1-19-13-11(17)7-4-8-12(13)21-15(19)18-14(20)9-5-2-3-6-10(9)16/h2-8H,1H3. The lowest BCUT2D eigenvalue weighted by Crippen LogP contribution is -2.14. The van der Waals surface area contributed by atoms with Crippen molar-refractivity contribution in [1.29, 1.82) is 0 Å². The van der Waals surface area contributed by atoms with Crippen LogP contribution in [0.25, 0.3) is 10.2 Å². The molecule has 0 saturated carbocycles. The van der Waals surface area contributed by atoms with Crippen molar-refractivity contribution in [2.45, 2.75) is 0 Å². The van der Waals surface area contributed by atoms with Crippen LogP contribution >= 0.6 is 11.3 Å². The van der Waals surface area contributed by atoms with E-state index in [9.17, 15) is 13.6 Å². The molecule has 6 heteroatoms. The van der Waals surface area contributed by atoms with Crippen LogP contribution < -0.4 is 4.80 Å². The summed E-state index contributed by atoms with van der Waals surface area (Å²) in [5, 5.41) is 0. The number of thiazole rings is 1. The summed E-state index contributed by atoms with van der Waals surface area (Å²) < 4.78 is 29.5. The molecule has 0 radical (unpaired) electrons. The maximum absolute atomic E-state index is 13.8. The summed E-state index contributed by atoms with van der Waals surface area (Å²) in [5.41, 5.74) is 0.276. The molecule has 3 rings (SSSR count). The van der Waals surface area contributed by atoms with E-state index in [2.05, 4.69) is 4.99 Å². The SMILES string of the molecule is Cn1c(=NC(=O)c2ccccc2F)sc2cccc(F)c21. The summed E-state index contributed by atoms with van der Waals surface area (Å²) in [4.78, 5) is 16.3. The van der Waals surface area contributed by atoms with E-state index < -0.39 is 11.7 Å². The largest absolute Gasteiger partial charge is 0.317 e. The highest BCUT2D eigenvalue weighted by molar-refractivity contribution is 7.16. The van der Waals surface area contributed by atoms with Gasteiger partial charge in [-0.2, -0.15) is 4.99 Å². The molecular weight excluding hydrogens is 294 g/mol. The molecule has 1 aromatic heterocycles.